The van der Waals surface area contributed by atoms with Crippen molar-refractivity contribution in [3.8, 4) is 0 Å². The van der Waals surface area contributed by atoms with E-state index in [9.17, 15) is 46.0 Å². The normalized spacial score (nSPS) is 42.3. The number of ether oxygens (including phenoxy) is 7. The fourth-order valence-corrected chi connectivity index (χ4v) is 5.89. The van der Waals surface area contributed by atoms with E-state index in [1.165, 1.54) is 0 Å². The highest BCUT2D eigenvalue weighted by Crippen LogP contribution is 2.36. The monoisotopic (exact) mass is 670 g/mol. The highest BCUT2D eigenvalue weighted by atomic mass is 16.7. The molecule has 3 aliphatic rings. The minimum absolute atomic E-state index is 0.332. The molecule has 0 saturated carbocycles. The molecule has 16 heteroatoms. The highest BCUT2D eigenvalue weighted by Gasteiger charge is 2.55. The van der Waals surface area contributed by atoms with Gasteiger partial charge in [0.1, 0.15) is 79.4 Å². The van der Waals surface area contributed by atoms with E-state index < -0.39 is 123 Å². The maximum Gasteiger partial charge on any atom is 0.187 e. The molecule has 0 spiro atoms. The van der Waals surface area contributed by atoms with Gasteiger partial charge in [-0.05, 0) is 47.0 Å². The van der Waals surface area contributed by atoms with Gasteiger partial charge in [0.25, 0.3) is 0 Å². The molecule has 3 saturated heterocycles. The van der Waals surface area contributed by atoms with E-state index in [1.54, 1.807) is 33.8 Å². The second-order valence-corrected chi connectivity index (χ2v) is 12.8. The number of allylic oxidation sites excluding steroid dienone is 1. The van der Waals surface area contributed by atoms with E-state index in [0.717, 1.165) is 12.8 Å². The van der Waals surface area contributed by atoms with E-state index in [-0.39, 0.29) is 0 Å². The van der Waals surface area contributed by atoms with Crippen LogP contribution < -0.4 is 0 Å². The topological polar surface area (TPSA) is 247 Å². The third-order valence-corrected chi connectivity index (χ3v) is 8.49. The lowest BCUT2D eigenvalue weighted by Crippen LogP contribution is -2.68. The Morgan fingerprint density at radius 1 is 0.674 bits per heavy atom. The number of hydrogen-bond acceptors (Lipinski definition) is 16. The first-order valence-corrected chi connectivity index (χ1v) is 15.8. The Hall–Kier alpha value is -0.900. The van der Waals surface area contributed by atoms with Crippen LogP contribution in [0, 0.1) is 0 Å². The molecule has 0 aliphatic carbocycles. The van der Waals surface area contributed by atoms with Crippen LogP contribution in [0.5, 0.6) is 0 Å². The lowest BCUT2D eigenvalue weighted by molar-refractivity contribution is -0.379. The molecule has 9 unspecified atom stereocenters. The van der Waals surface area contributed by atoms with Crippen molar-refractivity contribution in [3.63, 3.8) is 0 Å². The Bertz CT molecular complexity index is 908. The zero-order chi connectivity index (χ0) is 34.3. The van der Waals surface area contributed by atoms with Crippen molar-refractivity contribution in [3.05, 3.63) is 12.7 Å². The van der Waals surface area contributed by atoms with E-state index in [0.29, 0.717) is 13.0 Å². The molecule has 46 heavy (non-hydrogen) atoms. The molecule has 9 N–H and O–H groups in total. The molecule has 3 rings (SSSR count). The first kappa shape index (κ1) is 39.5. The van der Waals surface area contributed by atoms with Gasteiger partial charge >= 0.3 is 0 Å². The summed E-state index contributed by atoms with van der Waals surface area (Å²) < 4.78 is 40.6. The zero-order valence-corrected chi connectivity index (χ0v) is 26.9. The van der Waals surface area contributed by atoms with Crippen molar-refractivity contribution in [2.45, 2.75) is 151 Å². The second-order valence-electron chi connectivity index (χ2n) is 12.8. The Morgan fingerprint density at radius 3 is 1.76 bits per heavy atom. The molecule has 0 bridgehead atoms. The van der Waals surface area contributed by atoms with E-state index in [2.05, 4.69) is 6.58 Å². The van der Waals surface area contributed by atoms with Crippen LogP contribution in [0.3, 0.4) is 0 Å². The smallest absolute Gasteiger partial charge is 0.187 e. The third kappa shape index (κ3) is 9.20. The van der Waals surface area contributed by atoms with Crippen LogP contribution in [0.2, 0.25) is 0 Å². The van der Waals surface area contributed by atoms with E-state index in [4.69, 9.17) is 33.2 Å². The molecule has 0 aromatic rings. The van der Waals surface area contributed by atoms with Gasteiger partial charge in [-0.25, -0.2) is 0 Å². The molecule has 3 fully saturated rings. The molecule has 3 heterocycles. The van der Waals surface area contributed by atoms with Crippen molar-refractivity contribution in [2.24, 2.45) is 0 Å². The van der Waals surface area contributed by atoms with Crippen molar-refractivity contribution >= 4 is 0 Å². The summed E-state index contributed by atoms with van der Waals surface area (Å²) in [7, 11) is 0. The van der Waals surface area contributed by atoms with Crippen molar-refractivity contribution in [1.29, 1.82) is 0 Å². The Kier molecular flexibility index (Phi) is 15.2. The standard InChI is InChI=1S/C30H54O16/c1-6-7-8-9-10-40-30(4,5)27-22(38)24(19(35)16(12-32)42-27)45-28-23(39)25(20(36)17(13-33)43-28)46-29-26(41-14(2)3)21(37)18(34)15(11-31)44-29/h6,14-29,31-39H,1,7-13H2,2-5H3/t15?,16?,17?,18-,19-,20+,21?,22?,23?,24?,25?,26?,27-,28+,29+/m0/s1. The van der Waals surface area contributed by atoms with Crippen molar-refractivity contribution in [2.75, 3.05) is 26.4 Å². The van der Waals surface area contributed by atoms with Crippen molar-refractivity contribution in [1.82, 2.24) is 0 Å². The quantitative estimate of drug-likeness (QED) is 0.0589. The first-order chi connectivity index (χ1) is 21.7. The van der Waals surface area contributed by atoms with Gasteiger partial charge in [0.2, 0.25) is 0 Å². The average molecular weight is 671 g/mol. The van der Waals surface area contributed by atoms with Gasteiger partial charge in [-0.1, -0.05) is 6.08 Å². The average Bonchev–Trinajstić information content (AvgIpc) is 3.01. The summed E-state index contributed by atoms with van der Waals surface area (Å²) in [6.45, 7) is 8.59. The molecule has 15 atom stereocenters. The fraction of sp³-hybridized carbons (Fsp3) is 0.933. The van der Waals surface area contributed by atoms with Crippen LogP contribution in [0.4, 0.5) is 0 Å². The minimum Gasteiger partial charge on any atom is -0.394 e. The van der Waals surface area contributed by atoms with Gasteiger partial charge in [-0.3, -0.25) is 0 Å². The second kappa shape index (κ2) is 17.7. The molecule has 0 aromatic heterocycles. The summed E-state index contributed by atoms with van der Waals surface area (Å²) in [6.07, 6.45) is -18.9. The molecular formula is C30H54O16. The number of rotatable bonds is 16. The molecule has 270 valence electrons. The summed E-state index contributed by atoms with van der Waals surface area (Å²) in [5.41, 5.74) is -1.12. The number of unbranched alkanes of at least 4 members (excludes halogenated alkanes) is 2. The Balaban J connectivity index is 1.83. The lowest BCUT2D eigenvalue weighted by atomic mass is 9.86. The highest BCUT2D eigenvalue weighted by molar-refractivity contribution is 5.01. The van der Waals surface area contributed by atoms with Crippen LogP contribution in [0.25, 0.3) is 0 Å². The van der Waals surface area contributed by atoms with Gasteiger partial charge in [0, 0.05) is 6.61 Å². The minimum atomic E-state index is -1.85. The maximum absolute atomic E-state index is 11.4. The fourth-order valence-electron chi connectivity index (χ4n) is 5.89. The van der Waals surface area contributed by atoms with Crippen LogP contribution in [0.1, 0.15) is 47.0 Å². The Morgan fingerprint density at radius 2 is 1.20 bits per heavy atom. The maximum atomic E-state index is 11.4. The predicted molar refractivity (Wildman–Crippen MR) is 157 cm³/mol. The SMILES string of the molecule is C=CCCCCOC(C)(C)[C@H]1OC(CO)[C@H](O)C(O[C@H]2OC(CO)[C@@H](O)C(O[C@H]3OC(CO)[C@H](O)C(O)C3OC(C)C)C2O)C1O. The van der Waals surface area contributed by atoms with Gasteiger partial charge in [0.05, 0.1) is 31.5 Å². The van der Waals surface area contributed by atoms with E-state index >= 15 is 0 Å². The summed E-state index contributed by atoms with van der Waals surface area (Å²) in [6, 6.07) is 0. The lowest BCUT2D eigenvalue weighted by Gasteiger charge is -2.50. The van der Waals surface area contributed by atoms with Crippen molar-refractivity contribution < 1.29 is 79.1 Å². The van der Waals surface area contributed by atoms with Gasteiger partial charge < -0.3 is 79.1 Å². The largest absolute Gasteiger partial charge is 0.394 e. The first-order valence-electron chi connectivity index (χ1n) is 15.8. The molecule has 0 aromatic carbocycles. The summed E-state index contributed by atoms with van der Waals surface area (Å²) in [5.74, 6) is 0. The van der Waals surface area contributed by atoms with Gasteiger partial charge in [-0.2, -0.15) is 0 Å². The van der Waals surface area contributed by atoms with E-state index in [1.807, 2.05) is 0 Å². The number of hydrogen-bond donors (Lipinski definition) is 9. The van der Waals surface area contributed by atoms with Gasteiger partial charge in [0.15, 0.2) is 12.6 Å². The van der Waals surface area contributed by atoms with Crippen LogP contribution in [-0.4, -0.2) is 176 Å². The summed E-state index contributed by atoms with van der Waals surface area (Å²) in [4.78, 5) is 0. The van der Waals surface area contributed by atoms with Crippen LogP contribution >= 0.6 is 0 Å². The molecule has 16 nitrogen and oxygen atoms in total. The molecular weight excluding hydrogens is 616 g/mol. The molecule has 0 amide bonds. The predicted octanol–water partition coefficient (Wildman–Crippen LogP) is -2.94. The summed E-state index contributed by atoms with van der Waals surface area (Å²) >= 11 is 0. The summed E-state index contributed by atoms with van der Waals surface area (Å²) in [5, 5.41) is 95.4. The number of aliphatic hydroxyl groups is 9. The van der Waals surface area contributed by atoms with Crippen LogP contribution in [-0.2, 0) is 33.2 Å². The molecule has 0 radical (unpaired) electrons. The zero-order valence-electron chi connectivity index (χ0n) is 26.9. The third-order valence-electron chi connectivity index (χ3n) is 8.49. The number of aliphatic hydroxyl groups excluding tert-OH is 9. The van der Waals surface area contributed by atoms with Crippen LogP contribution in [0.15, 0.2) is 12.7 Å². The Labute approximate surface area is 269 Å². The molecule has 3 aliphatic heterocycles. The van der Waals surface area contributed by atoms with Gasteiger partial charge in [-0.15, -0.1) is 6.58 Å².